The van der Waals surface area contributed by atoms with Crippen LogP contribution in [-0.2, 0) is 27.3 Å². The number of nitrogens with zero attached hydrogens (tertiary/aromatic N) is 2. The first-order valence-corrected chi connectivity index (χ1v) is 13.8. The van der Waals surface area contributed by atoms with Crippen LogP contribution in [0.4, 0.5) is 0 Å². The number of rotatable bonds is 13. The van der Waals surface area contributed by atoms with Crippen molar-refractivity contribution in [2.24, 2.45) is 5.92 Å². The van der Waals surface area contributed by atoms with Crippen LogP contribution in [-0.4, -0.2) is 59.9 Å². The molecule has 1 aliphatic rings. The zero-order valence-corrected chi connectivity index (χ0v) is 22.6. The summed E-state index contributed by atoms with van der Waals surface area (Å²) in [6.45, 7) is 2.24. The number of carbonyl (C=O) groups is 2. The van der Waals surface area contributed by atoms with Crippen LogP contribution in [0, 0.1) is 5.92 Å². The molecule has 1 aliphatic carbocycles. The Kier molecular flexibility index (Phi) is 8.74. The van der Waals surface area contributed by atoms with Crippen molar-refractivity contribution in [2.75, 3.05) is 33.4 Å². The van der Waals surface area contributed by atoms with E-state index < -0.39 is 0 Å². The maximum atomic E-state index is 13.8. The van der Waals surface area contributed by atoms with E-state index in [4.69, 9.17) is 4.74 Å². The Morgan fingerprint density at radius 1 is 0.897 bits per heavy atom. The molecule has 0 radical (unpaired) electrons. The molecule has 1 N–H and O–H groups in total. The van der Waals surface area contributed by atoms with E-state index in [1.165, 1.54) is 16.5 Å². The lowest BCUT2D eigenvalue weighted by molar-refractivity contribution is -0.141. The third-order valence-corrected chi connectivity index (χ3v) is 7.64. The Bertz CT molecular complexity index is 1370. The molecule has 0 unspecified atom stereocenters. The van der Waals surface area contributed by atoms with Gasteiger partial charge in [-0.05, 0) is 47.9 Å². The van der Waals surface area contributed by atoms with Gasteiger partial charge in [-0.15, -0.1) is 0 Å². The zero-order chi connectivity index (χ0) is 27.0. The normalized spacial score (nSPS) is 16.2. The number of H-pyrrole nitrogens is 1. The standard InChI is InChI=1S/C33H37N3O3/c1-39-20-10-18-36(33(38)30-21-29(30)26-13-6-3-7-14-26)24-32(37)35(23-25-11-4-2-5-12-25)19-17-27-22-34-31-16-9-8-15-28(27)31/h2-9,11-16,22,29-30,34H,10,17-21,23-24H2,1H3/t29-,30-/m0/s1. The molecule has 4 aromatic rings. The quantitative estimate of drug-likeness (QED) is 0.238. The van der Waals surface area contributed by atoms with Crippen molar-refractivity contribution < 1.29 is 14.3 Å². The van der Waals surface area contributed by atoms with Crippen LogP contribution >= 0.6 is 0 Å². The zero-order valence-electron chi connectivity index (χ0n) is 22.6. The van der Waals surface area contributed by atoms with Crippen LogP contribution in [0.1, 0.15) is 35.4 Å². The minimum Gasteiger partial charge on any atom is -0.385 e. The first-order valence-electron chi connectivity index (χ1n) is 13.8. The van der Waals surface area contributed by atoms with Gasteiger partial charge in [-0.3, -0.25) is 9.59 Å². The van der Waals surface area contributed by atoms with Crippen molar-refractivity contribution in [3.63, 3.8) is 0 Å². The lowest BCUT2D eigenvalue weighted by Crippen LogP contribution is -2.44. The molecule has 0 spiro atoms. The molecule has 1 heterocycles. The average Bonchev–Trinajstić information content (AvgIpc) is 3.68. The van der Waals surface area contributed by atoms with Crippen molar-refractivity contribution in [3.8, 4) is 0 Å². The van der Waals surface area contributed by atoms with Gasteiger partial charge in [0.1, 0.15) is 0 Å². The van der Waals surface area contributed by atoms with Gasteiger partial charge in [0.05, 0.1) is 6.54 Å². The topological polar surface area (TPSA) is 65.6 Å². The number of hydrogen-bond donors (Lipinski definition) is 1. The lowest BCUT2D eigenvalue weighted by Gasteiger charge is -2.28. The van der Waals surface area contributed by atoms with Gasteiger partial charge in [-0.25, -0.2) is 0 Å². The number of fused-ring (bicyclic) bond motifs is 1. The molecule has 6 nitrogen and oxygen atoms in total. The Morgan fingerprint density at radius 2 is 1.62 bits per heavy atom. The van der Waals surface area contributed by atoms with Gasteiger partial charge in [0.2, 0.25) is 11.8 Å². The highest BCUT2D eigenvalue weighted by Crippen LogP contribution is 2.48. The molecule has 1 aromatic heterocycles. The van der Waals surface area contributed by atoms with Crippen molar-refractivity contribution in [1.29, 1.82) is 0 Å². The molecule has 39 heavy (non-hydrogen) atoms. The highest BCUT2D eigenvalue weighted by molar-refractivity contribution is 5.88. The van der Waals surface area contributed by atoms with Crippen molar-refractivity contribution >= 4 is 22.7 Å². The summed E-state index contributed by atoms with van der Waals surface area (Å²) in [6.07, 6.45) is 4.31. The summed E-state index contributed by atoms with van der Waals surface area (Å²) >= 11 is 0. The van der Waals surface area contributed by atoms with E-state index in [9.17, 15) is 9.59 Å². The van der Waals surface area contributed by atoms with Crippen LogP contribution < -0.4 is 0 Å². The number of hydrogen-bond acceptors (Lipinski definition) is 3. The van der Waals surface area contributed by atoms with Crippen molar-refractivity contribution in [3.05, 3.63) is 108 Å². The number of benzene rings is 3. The van der Waals surface area contributed by atoms with Gasteiger partial charge in [-0.1, -0.05) is 78.9 Å². The summed E-state index contributed by atoms with van der Waals surface area (Å²) in [6, 6.07) is 28.5. The summed E-state index contributed by atoms with van der Waals surface area (Å²) in [5, 5.41) is 1.18. The molecule has 202 valence electrons. The minimum atomic E-state index is -0.0588. The largest absolute Gasteiger partial charge is 0.385 e. The Morgan fingerprint density at radius 3 is 2.38 bits per heavy atom. The number of nitrogens with one attached hydrogen (secondary N) is 1. The fourth-order valence-corrected chi connectivity index (χ4v) is 5.39. The van der Waals surface area contributed by atoms with E-state index >= 15 is 0 Å². The molecular weight excluding hydrogens is 486 g/mol. The predicted octanol–water partition coefficient (Wildman–Crippen LogP) is 5.41. The minimum absolute atomic E-state index is 0.0265. The molecule has 3 aromatic carbocycles. The molecule has 6 heteroatoms. The van der Waals surface area contributed by atoms with E-state index in [-0.39, 0.29) is 30.2 Å². The SMILES string of the molecule is COCCCN(CC(=O)N(CCc1c[nH]c2ccccc12)Cc1ccccc1)C(=O)[C@H]1C[C@H]1c1ccccc1. The smallest absolute Gasteiger partial charge is 0.242 e. The van der Waals surface area contributed by atoms with Crippen LogP contribution in [0.2, 0.25) is 0 Å². The summed E-state index contributed by atoms with van der Waals surface area (Å²) < 4.78 is 5.25. The third kappa shape index (κ3) is 6.76. The molecule has 2 atom stereocenters. The first kappa shape index (κ1) is 26.7. The van der Waals surface area contributed by atoms with Gasteiger partial charge in [-0.2, -0.15) is 0 Å². The van der Waals surface area contributed by atoms with Gasteiger partial charge in [0.25, 0.3) is 0 Å². The third-order valence-electron chi connectivity index (χ3n) is 7.64. The number of carbonyl (C=O) groups excluding carboxylic acids is 2. The second kappa shape index (κ2) is 12.8. The van der Waals surface area contributed by atoms with Crippen LogP contribution in [0.3, 0.4) is 0 Å². The highest BCUT2D eigenvalue weighted by atomic mass is 16.5. The van der Waals surface area contributed by atoms with Crippen LogP contribution in [0.25, 0.3) is 10.9 Å². The maximum absolute atomic E-state index is 13.8. The fraction of sp³-hybridized carbons (Fsp3) is 0.333. The monoisotopic (exact) mass is 523 g/mol. The summed E-state index contributed by atoms with van der Waals surface area (Å²) in [7, 11) is 1.66. The van der Waals surface area contributed by atoms with Crippen LogP contribution in [0.5, 0.6) is 0 Å². The Labute approximate surface area is 230 Å². The molecule has 1 fully saturated rings. The van der Waals surface area contributed by atoms with Gasteiger partial charge in [0, 0.05) is 56.4 Å². The molecule has 0 saturated heterocycles. The average molecular weight is 524 g/mol. The molecular formula is C33H37N3O3. The molecule has 2 amide bonds. The van der Waals surface area contributed by atoms with E-state index in [1.807, 2.05) is 71.8 Å². The molecule has 5 rings (SSSR count). The molecule has 1 saturated carbocycles. The summed E-state index contributed by atoms with van der Waals surface area (Å²) in [5.74, 6) is 0.225. The highest BCUT2D eigenvalue weighted by Gasteiger charge is 2.46. The maximum Gasteiger partial charge on any atom is 0.242 e. The van der Waals surface area contributed by atoms with E-state index in [0.717, 1.165) is 23.9 Å². The van der Waals surface area contributed by atoms with Crippen molar-refractivity contribution in [1.82, 2.24) is 14.8 Å². The number of aromatic nitrogens is 1. The van der Waals surface area contributed by atoms with E-state index in [0.29, 0.717) is 32.7 Å². The predicted molar refractivity (Wildman–Crippen MR) is 154 cm³/mol. The van der Waals surface area contributed by atoms with E-state index in [1.54, 1.807) is 12.0 Å². The number of para-hydroxylation sites is 1. The number of aromatic amines is 1. The first-order chi connectivity index (χ1) is 19.1. The van der Waals surface area contributed by atoms with E-state index in [2.05, 4.69) is 29.2 Å². The van der Waals surface area contributed by atoms with Gasteiger partial charge >= 0.3 is 0 Å². The Balaban J connectivity index is 1.30. The lowest BCUT2D eigenvalue weighted by atomic mass is 10.1. The molecule has 0 bridgehead atoms. The van der Waals surface area contributed by atoms with Crippen molar-refractivity contribution in [2.45, 2.75) is 31.7 Å². The van der Waals surface area contributed by atoms with Gasteiger partial charge < -0.3 is 19.5 Å². The van der Waals surface area contributed by atoms with Crippen LogP contribution in [0.15, 0.2) is 91.1 Å². The second-order valence-electron chi connectivity index (χ2n) is 10.4. The fourth-order valence-electron chi connectivity index (χ4n) is 5.39. The number of ether oxygens (including phenoxy) is 1. The second-order valence-corrected chi connectivity index (χ2v) is 10.4. The Hall–Kier alpha value is -3.90. The number of amides is 2. The summed E-state index contributed by atoms with van der Waals surface area (Å²) in [4.78, 5) is 34.4. The molecule has 0 aliphatic heterocycles. The summed E-state index contributed by atoms with van der Waals surface area (Å²) in [5.41, 5.74) is 4.56. The number of methoxy groups -OCH3 is 1. The van der Waals surface area contributed by atoms with Gasteiger partial charge in [0.15, 0.2) is 0 Å².